The Morgan fingerprint density at radius 2 is 2.03 bits per heavy atom. The third-order valence-corrected chi connectivity index (χ3v) is 6.60. The van der Waals surface area contributed by atoms with Gasteiger partial charge in [-0.25, -0.2) is 4.39 Å². The summed E-state index contributed by atoms with van der Waals surface area (Å²) in [6.07, 6.45) is 3.51. The van der Waals surface area contributed by atoms with Crippen molar-refractivity contribution in [1.29, 1.82) is 0 Å². The maximum absolute atomic E-state index is 13.5. The third-order valence-electron chi connectivity index (χ3n) is 6.29. The Hall–Kier alpha value is -2.37. The molecular weight excluding hydrogens is 417 g/mol. The summed E-state index contributed by atoms with van der Waals surface area (Å²) in [6.45, 7) is 4.89. The third kappa shape index (κ3) is 5.10. The number of aryl methyl sites for hydroxylation is 2. The lowest BCUT2D eigenvalue weighted by atomic mass is 9.85. The highest BCUT2D eigenvalue weighted by Gasteiger charge is 2.33. The summed E-state index contributed by atoms with van der Waals surface area (Å²) in [5.41, 5.74) is 6.18. The molecule has 2 aromatic carbocycles. The van der Waals surface area contributed by atoms with Gasteiger partial charge in [0.1, 0.15) is 11.6 Å². The summed E-state index contributed by atoms with van der Waals surface area (Å²) in [6, 6.07) is 11.2. The van der Waals surface area contributed by atoms with Crippen LogP contribution in [0.5, 0.6) is 5.75 Å². The molecule has 4 nitrogen and oxygen atoms in total. The topological polar surface area (TPSA) is 49.8 Å². The Labute approximate surface area is 187 Å². The van der Waals surface area contributed by atoms with Gasteiger partial charge in [0.15, 0.2) is 0 Å². The molecule has 1 aliphatic carbocycles. The van der Waals surface area contributed by atoms with E-state index in [-0.39, 0.29) is 16.8 Å². The predicted octanol–water partition coefficient (Wildman–Crippen LogP) is 5.23. The maximum Gasteiger partial charge on any atom is 0.309 e. The molecule has 0 bridgehead atoms. The number of halogens is 2. The molecule has 1 fully saturated rings. The number of hydrogen-bond donors (Lipinski definition) is 1. The van der Waals surface area contributed by atoms with Crippen LogP contribution in [-0.2, 0) is 17.6 Å². The Kier molecular flexibility index (Phi) is 6.63. The number of ether oxygens (including phenoxy) is 1. The zero-order chi connectivity index (χ0) is 22.0. The van der Waals surface area contributed by atoms with Gasteiger partial charge in [0.2, 0.25) is 0 Å². The zero-order valence-corrected chi connectivity index (χ0v) is 18.4. The van der Waals surface area contributed by atoms with E-state index in [0.717, 1.165) is 43.5 Å². The quantitative estimate of drug-likeness (QED) is 0.568. The van der Waals surface area contributed by atoms with E-state index in [1.165, 1.54) is 28.3 Å². The van der Waals surface area contributed by atoms with Gasteiger partial charge in [0.25, 0.3) is 0 Å². The molecule has 0 unspecified atom stereocenters. The van der Waals surface area contributed by atoms with Gasteiger partial charge in [0.05, 0.1) is 17.5 Å². The molecule has 0 aromatic heterocycles. The first-order valence-corrected chi connectivity index (χ1v) is 11.1. The number of rotatable bonds is 8. The van der Waals surface area contributed by atoms with Gasteiger partial charge >= 0.3 is 5.97 Å². The van der Waals surface area contributed by atoms with E-state index in [1.54, 1.807) is 6.07 Å². The van der Waals surface area contributed by atoms with Crippen LogP contribution in [0.25, 0.3) is 5.57 Å². The summed E-state index contributed by atoms with van der Waals surface area (Å²) in [7, 11) is 0. The molecule has 0 spiro atoms. The van der Waals surface area contributed by atoms with Crippen LogP contribution in [0.2, 0.25) is 5.02 Å². The molecule has 1 saturated heterocycles. The predicted molar refractivity (Wildman–Crippen MR) is 120 cm³/mol. The van der Waals surface area contributed by atoms with E-state index in [0.29, 0.717) is 19.7 Å². The number of aliphatic carboxylic acids is 1. The average molecular weight is 444 g/mol. The number of likely N-dealkylation sites (tertiary alicyclic amines) is 1. The van der Waals surface area contributed by atoms with Gasteiger partial charge in [-0.05, 0) is 79.1 Å². The smallest absolute Gasteiger partial charge is 0.309 e. The van der Waals surface area contributed by atoms with E-state index in [2.05, 4.69) is 24.0 Å². The second kappa shape index (κ2) is 9.41. The summed E-state index contributed by atoms with van der Waals surface area (Å²) < 4.78 is 19.5. The second-order valence-corrected chi connectivity index (χ2v) is 8.88. The number of hydrogen-bond acceptors (Lipinski definition) is 3. The van der Waals surface area contributed by atoms with Crippen LogP contribution >= 0.6 is 11.6 Å². The van der Waals surface area contributed by atoms with Gasteiger partial charge in [-0.3, -0.25) is 9.69 Å². The van der Waals surface area contributed by atoms with Crippen LogP contribution in [0.3, 0.4) is 0 Å². The van der Waals surface area contributed by atoms with Crippen molar-refractivity contribution in [2.45, 2.75) is 32.6 Å². The summed E-state index contributed by atoms with van der Waals surface area (Å²) in [5, 5.41) is 9.20. The second-order valence-electron chi connectivity index (χ2n) is 8.48. The average Bonchev–Trinajstić information content (AvgIpc) is 2.71. The highest BCUT2D eigenvalue weighted by molar-refractivity contribution is 6.30. The molecule has 4 rings (SSSR count). The molecule has 2 aliphatic rings. The summed E-state index contributed by atoms with van der Waals surface area (Å²) in [4.78, 5) is 13.2. The fraction of sp³-hybridized carbons (Fsp3) is 0.400. The first kappa shape index (κ1) is 21.8. The Balaban J connectivity index is 1.30. The van der Waals surface area contributed by atoms with Crippen LogP contribution in [-0.4, -0.2) is 42.2 Å². The number of carbonyl (C=O) groups is 1. The lowest BCUT2D eigenvalue weighted by molar-refractivity contribution is -0.147. The van der Waals surface area contributed by atoms with Crippen molar-refractivity contribution >= 4 is 23.1 Å². The van der Waals surface area contributed by atoms with Crippen molar-refractivity contribution in [3.05, 3.63) is 69.5 Å². The normalized spacial score (nSPS) is 16.7. The number of fused-ring (bicyclic) bond motifs is 1. The molecule has 0 amide bonds. The van der Waals surface area contributed by atoms with Crippen LogP contribution < -0.4 is 4.74 Å². The first-order valence-electron chi connectivity index (χ1n) is 10.7. The Morgan fingerprint density at radius 3 is 2.77 bits per heavy atom. The fourth-order valence-corrected chi connectivity index (χ4v) is 4.50. The molecule has 1 aliphatic heterocycles. The lowest BCUT2D eigenvalue weighted by Gasteiger charge is -2.38. The van der Waals surface area contributed by atoms with Gasteiger partial charge < -0.3 is 9.84 Å². The highest BCUT2D eigenvalue weighted by Crippen LogP contribution is 2.34. The van der Waals surface area contributed by atoms with Crippen molar-refractivity contribution in [2.24, 2.45) is 5.92 Å². The first-order chi connectivity index (χ1) is 14.9. The highest BCUT2D eigenvalue weighted by atomic mass is 35.5. The molecule has 1 N–H and O–H groups in total. The van der Waals surface area contributed by atoms with Crippen molar-refractivity contribution in [3.63, 3.8) is 0 Å². The van der Waals surface area contributed by atoms with Crippen molar-refractivity contribution in [2.75, 3.05) is 26.2 Å². The molecule has 0 atom stereocenters. The fourth-order valence-electron chi connectivity index (χ4n) is 4.38. The van der Waals surface area contributed by atoms with Crippen LogP contribution in [0.1, 0.15) is 36.5 Å². The van der Waals surface area contributed by atoms with E-state index in [9.17, 15) is 9.18 Å². The molecule has 31 heavy (non-hydrogen) atoms. The monoisotopic (exact) mass is 443 g/mol. The van der Waals surface area contributed by atoms with Gasteiger partial charge in [-0.2, -0.15) is 0 Å². The number of benzene rings is 2. The molecular formula is C25H27ClFNO3. The molecule has 0 saturated carbocycles. The standard InChI is InChI=1S/C25H27ClFNO3/c1-16-19(13-28-14-20(15-28)25(29)30)6-5-18-12-21(7-8-22(16)18)31-10-2-3-17-4-9-23(26)24(27)11-17/h4,7-9,11-12,20H,2-3,5-6,10,13-15H2,1H3,(H,29,30). The summed E-state index contributed by atoms with van der Waals surface area (Å²) in [5.74, 6) is -0.420. The van der Waals surface area contributed by atoms with E-state index in [1.807, 2.05) is 12.1 Å². The van der Waals surface area contributed by atoms with E-state index in [4.69, 9.17) is 21.4 Å². The molecule has 164 valence electrons. The zero-order valence-electron chi connectivity index (χ0n) is 17.7. The van der Waals surface area contributed by atoms with Gasteiger partial charge in [-0.1, -0.05) is 29.3 Å². The number of carboxylic acids is 1. The van der Waals surface area contributed by atoms with Gasteiger partial charge in [0, 0.05) is 19.6 Å². The van der Waals surface area contributed by atoms with Crippen LogP contribution in [0.15, 0.2) is 42.0 Å². The van der Waals surface area contributed by atoms with Crippen molar-refractivity contribution in [1.82, 2.24) is 4.90 Å². The molecule has 1 heterocycles. The summed E-state index contributed by atoms with van der Waals surface area (Å²) >= 11 is 5.72. The van der Waals surface area contributed by atoms with E-state index < -0.39 is 5.97 Å². The Bertz CT molecular complexity index is 1010. The largest absolute Gasteiger partial charge is 0.494 e. The SMILES string of the molecule is CC1=C(CN2CC(C(=O)O)C2)CCc2cc(OCCCc3ccc(Cl)c(F)c3)ccc21. The number of allylic oxidation sites excluding steroid dienone is 1. The minimum Gasteiger partial charge on any atom is -0.494 e. The van der Waals surface area contributed by atoms with E-state index >= 15 is 0 Å². The van der Waals surface area contributed by atoms with Crippen molar-refractivity contribution < 1.29 is 19.0 Å². The van der Waals surface area contributed by atoms with Crippen LogP contribution in [0, 0.1) is 11.7 Å². The number of nitrogens with zero attached hydrogens (tertiary/aromatic N) is 1. The molecule has 0 radical (unpaired) electrons. The van der Waals surface area contributed by atoms with Crippen LogP contribution in [0.4, 0.5) is 4.39 Å². The minimum absolute atomic E-state index is 0.149. The Morgan fingerprint density at radius 1 is 1.23 bits per heavy atom. The lowest BCUT2D eigenvalue weighted by Crippen LogP contribution is -2.50. The van der Waals surface area contributed by atoms with Crippen molar-refractivity contribution in [3.8, 4) is 5.75 Å². The minimum atomic E-state index is -0.691. The molecule has 6 heteroatoms. The maximum atomic E-state index is 13.5. The molecule has 2 aromatic rings. The number of carboxylic acid groups (broad SMARTS) is 1. The van der Waals surface area contributed by atoms with Gasteiger partial charge in [-0.15, -0.1) is 0 Å².